The van der Waals surface area contributed by atoms with Gasteiger partial charge in [-0.3, -0.25) is 14.4 Å². The van der Waals surface area contributed by atoms with Crippen LogP contribution in [0.1, 0.15) is 32.3 Å². The van der Waals surface area contributed by atoms with Crippen molar-refractivity contribution in [2.75, 3.05) is 23.3 Å². The molecule has 1 atom stereocenters. The van der Waals surface area contributed by atoms with E-state index in [1.807, 2.05) is 0 Å². The van der Waals surface area contributed by atoms with Gasteiger partial charge in [-0.1, -0.05) is 6.07 Å². The van der Waals surface area contributed by atoms with Crippen LogP contribution in [0.5, 0.6) is 5.75 Å². The molecule has 2 aromatic rings. The Bertz CT molecular complexity index is 1330. The van der Waals surface area contributed by atoms with Gasteiger partial charge in [0, 0.05) is 24.7 Å². The molecule has 0 spiro atoms. The average Bonchev–Trinajstić information content (AvgIpc) is 2.81. The maximum Gasteiger partial charge on any atom is 0.427 e. The Balaban J connectivity index is 1.99. The number of anilines is 2. The highest BCUT2D eigenvalue weighted by molar-refractivity contribution is 7.92. The summed E-state index contributed by atoms with van der Waals surface area (Å²) in [6.07, 6.45) is -5.94. The standard InChI is InChI=1S/C24H26F4N2O7S/c1-23(2,24(26,27)28)37-22(33)29-16-6-5-15-10-14(4-9-21(31)32)13-30(19(15)11-16)38(34,35)17-7-8-18(25)20(12-17)36-3/h5-8,11-12,14H,4,9-10,13H2,1-3H3,(H,29,33)(H,31,32)/t14-/m0/s1. The maximum atomic E-state index is 13.9. The Hall–Kier alpha value is -3.55. The number of aliphatic carboxylic acids is 1. The van der Waals surface area contributed by atoms with Crippen LogP contribution >= 0.6 is 0 Å². The fourth-order valence-corrected chi connectivity index (χ4v) is 5.45. The van der Waals surface area contributed by atoms with Crippen molar-refractivity contribution in [3.05, 3.63) is 47.8 Å². The molecule has 0 radical (unpaired) electrons. The van der Waals surface area contributed by atoms with Crippen molar-refractivity contribution in [3.63, 3.8) is 0 Å². The summed E-state index contributed by atoms with van der Waals surface area (Å²) < 4.78 is 90.9. The minimum Gasteiger partial charge on any atom is -0.494 e. The molecule has 208 valence electrons. The number of hydrogen-bond donors (Lipinski definition) is 2. The molecule has 0 aliphatic carbocycles. The van der Waals surface area contributed by atoms with Gasteiger partial charge in [-0.25, -0.2) is 17.6 Å². The molecule has 1 aliphatic rings. The smallest absolute Gasteiger partial charge is 0.427 e. The number of halogens is 4. The highest BCUT2D eigenvalue weighted by Crippen LogP contribution is 2.38. The van der Waals surface area contributed by atoms with Crippen LogP contribution in [0.25, 0.3) is 0 Å². The molecule has 0 saturated carbocycles. The van der Waals surface area contributed by atoms with Crippen LogP contribution in [0.2, 0.25) is 0 Å². The molecule has 2 N–H and O–H groups in total. The van der Waals surface area contributed by atoms with E-state index in [0.29, 0.717) is 25.8 Å². The molecular formula is C24H26F4N2O7S. The lowest BCUT2D eigenvalue weighted by molar-refractivity contribution is -0.242. The number of alkyl halides is 3. The van der Waals surface area contributed by atoms with Gasteiger partial charge in [0.2, 0.25) is 5.60 Å². The number of nitrogens with zero attached hydrogens (tertiary/aromatic N) is 1. The van der Waals surface area contributed by atoms with E-state index in [9.17, 15) is 35.6 Å². The quantitative estimate of drug-likeness (QED) is 0.436. The zero-order valence-corrected chi connectivity index (χ0v) is 21.5. The summed E-state index contributed by atoms with van der Waals surface area (Å²) >= 11 is 0. The predicted octanol–water partition coefficient (Wildman–Crippen LogP) is 4.96. The number of carboxylic acids is 1. The molecule has 0 bridgehead atoms. The first kappa shape index (κ1) is 29.0. The van der Waals surface area contributed by atoms with Crippen LogP contribution < -0.4 is 14.4 Å². The van der Waals surface area contributed by atoms with Crippen molar-refractivity contribution >= 4 is 33.5 Å². The van der Waals surface area contributed by atoms with Crippen molar-refractivity contribution < 1.29 is 50.1 Å². The van der Waals surface area contributed by atoms with Crippen LogP contribution in [-0.4, -0.2) is 51.0 Å². The Morgan fingerprint density at radius 2 is 1.84 bits per heavy atom. The van der Waals surface area contributed by atoms with E-state index in [0.717, 1.165) is 22.5 Å². The summed E-state index contributed by atoms with van der Waals surface area (Å²) in [6, 6.07) is 7.10. The molecule has 1 amide bonds. The van der Waals surface area contributed by atoms with Crippen molar-refractivity contribution in [2.45, 2.75) is 49.8 Å². The van der Waals surface area contributed by atoms with Crippen LogP contribution in [0.3, 0.4) is 0 Å². The van der Waals surface area contributed by atoms with Gasteiger partial charge >= 0.3 is 18.2 Å². The first-order valence-corrected chi connectivity index (χ1v) is 12.8. The number of sulfonamides is 1. The van der Waals surface area contributed by atoms with E-state index in [1.165, 1.54) is 25.3 Å². The molecule has 9 nitrogen and oxygen atoms in total. The first-order chi connectivity index (χ1) is 17.5. The number of methoxy groups -OCH3 is 1. The van der Waals surface area contributed by atoms with Crippen molar-refractivity contribution in [1.29, 1.82) is 0 Å². The van der Waals surface area contributed by atoms with Gasteiger partial charge in [0.1, 0.15) is 0 Å². The number of hydrogen-bond acceptors (Lipinski definition) is 6. The molecular weight excluding hydrogens is 536 g/mol. The third-order valence-corrected chi connectivity index (χ3v) is 7.82. The van der Waals surface area contributed by atoms with Crippen LogP contribution in [0.15, 0.2) is 41.3 Å². The molecule has 0 unspecified atom stereocenters. The minimum atomic E-state index is -4.83. The number of carbonyl (C=O) groups excluding carboxylic acids is 1. The number of ether oxygens (including phenoxy) is 2. The Morgan fingerprint density at radius 3 is 2.45 bits per heavy atom. The number of amides is 1. The Kier molecular flexibility index (Phi) is 8.15. The normalized spacial score (nSPS) is 16.0. The number of nitrogens with one attached hydrogen (secondary N) is 1. The fraction of sp³-hybridized carbons (Fsp3) is 0.417. The summed E-state index contributed by atoms with van der Waals surface area (Å²) in [5, 5.41) is 11.3. The van der Waals surface area contributed by atoms with E-state index in [-0.39, 0.29) is 47.3 Å². The molecule has 0 aromatic heterocycles. The van der Waals surface area contributed by atoms with Crippen molar-refractivity contribution in [1.82, 2.24) is 0 Å². The second-order valence-electron chi connectivity index (χ2n) is 9.20. The van der Waals surface area contributed by atoms with E-state index in [4.69, 9.17) is 9.84 Å². The van der Waals surface area contributed by atoms with Gasteiger partial charge in [0.05, 0.1) is 17.7 Å². The van der Waals surface area contributed by atoms with Gasteiger partial charge in [0.25, 0.3) is 10.0 Å². The van der Waals surface area contributed by atoms with Crippen LogP contribution in [0.4, 0.5) is 33.7 Å². The van der Waals surface area contributed by atoms with Crippen LogP contribution in [0, 0.1) is 11.7 Å². The number of benzene rings is 2. The monoisotopic (exact) mass is 562 g/mol. The largest absolute Gasteiger partial charge is 0.494 e. The molecule has 0 fully saturated rings. The highest BCUT2D eigenvalue weighted by Gasteiger charge is 2.51. The molecule has 1 aliphatic heterocycles. The fourth-order valence-electron chi connectivity index (χ4n) is 3.86. The van der Waals surface area contributed by atoms with Gasteiger partial charge in [0.15, 0.2) is 11.6 Å². The highest BCUT2D eigenvalue weighted by atomic mass is 32.2. The maximum absolute atomic E-state index is 13.9. The lowest BCUT2D eigenvalue weighted by Gasteiger charge is -2.35. The second kappa shape index (κ2) is 10.7. The molecule has 1 heterocycles. The van der Waals surface area contributed by atoms with Gasteiger partial charge in [-0.15, -0.1) is 0 Å². The summed E-state index contributed by atoms with van der Waals surface area (Å²) in [4.78, 5) is 23.0. The van der Waals surface area contributed by atoms with Crippen molar-refractivity contribution in [3.8, 4) is 5.75 Å². The molecule has 3 rings (SSSR count). The molecule has 14 heteroatoms. The second-order valence-corrected chi connectivity index (χ2v) is 11.1. The van der Waals surface area contributed by atoms with E-state index >= 15 is 0 Å². The zero-order valence-electron chi connectivity index (χ0n) is 20.6. The number of rotatable bonds is 8. The number of fused-ring (bicyclic) bond motifs is 1. The number of carbonyl (C=O) groups is 2. The third-order valence-electron chi connectivity index (χ3n) is 6.04. The SMILES string of the molecule is COc1cc(S(=O)(=O)N2C[C@@H](CCC(=O)O)Cc3ccc(NC(=O)OC(C)(C)C(F)(F)F)cc32)ccc1F. The molecule has 0 saturated heterocycles. The zero-order chi connectivity index (χ0) is 28.5. The van der Waals surface area contributed by atoms with Crippen LogP contribution in [-0.2, 0) is 26.0 Å². The minimum absolute atomic E-state index is 0.0346. The summed E-state index contributed by atoms with van der Waals surface area (Å²) in [6.45, 7) is 1.24. The molecule has 2 aromatic carbocycles. The van der Waals surface area contributed by atoms with E-state index < -0.39 is 39.7 Å². The molecule has 38 heavy (non-hydrogen) atoms. The first-order valence-electron chi connectivity index (χ1n) is 11.3. The third kappa shape index (κ3) is 6.29. The topological polar surface area (TPSA) is 122 Å². The van der Waals surface area contributed by atoms with Crippen molar-refractivity contribution in [2.24, 2.45) is 5.92 Å². The summed E-state index contributed by atoms with van der Waals surface area (Å²) in [5.74, 6) is -2.52. The van der Waals surface area contributed by atoms with Gasteiger partial charge < -0.3 is 14.6 Å². The Morgan fingerprint density at radius 1 is 1.16 bits per heavy atom. The Labute approximate surface area is 216 Å². The van der Waals surface area contributed by atoms with Gasteiger partial charge in [-0.05, 0) is 62.4 Å². The summed E-state index contributed by atoms with van der Waals surface area (Å²) in [5.41, 5.74) is -2.20. The van der Waals surface area contributed by atoms with E-state index in [1.54, 1.807) is 0 Å². The summed E-state index contributed by atoms with van der Waals surface area (Å²) in [7, 11) is -3.17. The lowest BCUT2D eigenvalue weighted by atomic mass is 9.90. The lowest BCUT2D eigenvalue weighted by Crippen LogP contribution is -2.44. The average molecular weight is 563 g/mol. The number of carboxylic acid groups (broad SMARTS) is 1. The van der Waals surface area contributed by atoms with E-state index in [2.05, 4.69) is 10.1 Å². The van der Waals surface area contributed by atoms with Gasteiger partial charge in [-0.2, -0.15) is 13.2 Å². The predicted molar refractivity (Wildman–Crippen MR) is 128 cm³/mol.